The smallest absolute Gasteiger partial charge is 0.247 e. The Kier molecular flexibility index (Phi) is 4.81. The summed E-state index contributed by atoms with van der Waals surface area (Å²) in [6.07, 6.45) is 4.19. The standard InChI is InChI=1S/C14H18N4O2/c1-3-18(4-2)13(19)6-5-12-16-17-14(20-12)11-7-9-15-10-8-11/h7-10H,3-6H2,1-2H3. The Morgan fingerprint density at radius 3 is 2.55 bits per heavy atom. The maximum Gasteiger partial charge on any atom is 0.247 e. The minimum Gasteiger partial charge on any atom is -0.421 e. The van der Waals surface area contributed by atoms with E-state index in [1.165, 1.54) is 0 Å². The van der Waals surface area contributed by atoms with Crippen molar-refractivity contribution in [2.45, 2.75) is 26.7 Å². The van der Waals surface area contributed by atoms with E-state index in [4.69, 9.17) is 4.42 Å². The van der Waals surface area contributed by atoms with Gasteiger partial charge in [0.2, 0.25) is 17.7 Å². The minimum absolute atomic E-state index is 0.110. The van der Waals surface area contributed by atoms with Crippen LogP contribution in [0.3, 0.4) is 0 Å². The molecule has 2 aromatic rings. The number of hydrogen-bond acceptors (Lipinski definition) is 5. The van der Waals surface area contributed by atoms with Crippen molar-refractivity contribution in [2.24, 2.45) is 0 Å². The molecule has 0 aromatic carbocycles. The fourth-order valence-electron chi connectivity index (χ4n) is 1.91. The van der Waals surface area contributed by atoms with Crippen LogP contribution in [0.25, 0.3) is 11.5 Å². The van der Waals surface area contributed by atoms with Gasteiger partial charge < -0.3 is 9.32 Å². The third-order valence-corrected chi connectivity index (χ3v) is 3.06. The number of carbonyl (C=O) groups is 1. The van der Waals surface area contributed by atoms with Crippen molar-refractivity contribution in [3.05, 3.63) is 30.4 Å². The molecule has 2 aromatic heterocycles. The van der Waals surface area contributed by atoms with Gasteiger partial charge in [-0.3, -0.25) is 9.78 Å². The summed E-state index contributed by atoms with van der Waals surface area (Å²) in [7, 11) is 0. The molecule has 0 radical (unpaired) electrons. The van der Waals surface area contributed by atoms with E-state index in [2.05, 4.69) is 15.2 Å². The van der Waals surface area contributed by atoms with E-state index in [0.717, 1.165) is 18.7 Å². The van der Waals surface area contributed by atoms with E-state index in [1.807, 2.05) is 13.8 Å². The van der Waals surface area contributed by atoms with Crippen LogP contribution >= 0.6 is 0 Å². The van der Waals surface area contributed by atoms with Crippen LogP contribution in [0.2, 0.25) is 0 Å². The summed E-state index contributed by atoms with van der Waals surface area (Å²) in [5, 5.41) is 7.95. The average molecular weight is 274 g/mol. The molecule has 0 saturated carbocycles. The van der Waals surface area contributed by atoms with Gasteiger partial charge in [0.15, 0.2) is 0 Å². The van der Waals surface area contributed by atoms with Gasteiger partial charge in [-0.15, -0.1) is 10.2 Å². The molecule has 0 bridgehead atoms. The summed E-state index contributed by atoms with van der Waals surface area (Å²) in [5.74, 6) is 1.05. The third-order valence-electron chi connectivity index (χ3n) is 3.06. The summed E-state index contributed by atoms with van der Waals surface area (Å²) < 4.78 is 5.55. The van der Waals surface area contributed by atoms with Crippen molar-refractivity contribution in [2.75, 3.05) is 13.1 Å². The van der Waals surface area contributed by atoms with Crippen molar-refractivity contribution in [3.8, 4) is 11.5 Å². The Labute approximate surface area is 117 Å². The Balaban J connectivity index is 1.95. The largest absolute Gasteiger partial charge is 0.421 e. The van der Waals surface area contributed by atoms with Crippen LogP contribution in [0.1, 0.15) is 26.2 Å². The van der Waals surface area contributed by atoms with Crippen molar-refractivity contribution in [3.63, 3.8) is 0 Å². The zero-order chi connectivity index (χ0) is 14.4. The first-order valence-electron chi connectivity index (χ1n) is 6.75. The number of nitrogens with zero attached hydrogens (tertiary/aromatic N) is 4. The van der Waals surface area contributed by atoms with E-state index < -0.39 is 0 Å². The van der Waals surface area contributed by atoms with E-state index in [1.54, 1.807) is 29.4 Å². The Bertz CT molecular complexity index is 549. The quantitative estimate of drug-likeness (QED) is 0.804. The molecule has 0 atom stereocenters. The summed E-state index contributed by atoms with van der Waals surface area (Å²) >= 11 is 0. The van der Waals surface area contributed by atoms with Gasteiger partial charge in [-0.2, -0.15) is 0 Å². The van der Waals surface area contributed by atoms with Crippen LogP contribution in [-0.4, -0.2) is 39.1 Å². The molecule has 106 valence electrons. The molecule has 6 heteroatoms. The SMILES string of the molecule is CCN(CC)C(=O)CCc1nnc(-c2ccncc2)o1. The van der Waals surface area contributed by atoms with Crippen LogP contribution < -0.4 is 0 Å². The minimum atomic E-state index is 0.110. The highest BCUT2D eigenvalue weighted by molar-refractivity contribution is 5.76. The lowest BCUT2D eigenvalue weighted by atomic mass is 10.2. The second-order valence-corrected chi connectivity index (χ2v) is 4.30. The maximum atomic E-state index is 11.9. The molecule has 2 rings (SSSR count). The lowest BCUT2D eigenvalue weighted by Crippen LogP contribution is -2.30. The molecule has 0 aliphatic carbocycles. The van der Waals surface area contributed by atoms with Gasteiger partial charge in [-0.05, 0) is 26.0 Å². The molecule has 20 heavy (non-hydrogen) atoms. The molecule has 0 spiro atoms. The molecular formula is C14H18N4O2. The number of rotatable bonds is 6. The summed E-state index contributed by atoms with van der Waals surface area (Å²) in [4.78, 5) is 17.6. The lowest BCUT2D eigenvalue weighted by molar-refractivity contribution is -0.130. The summed E-state index contributed by atoms with van der Waals surface area (Å²) in [5.41, 5.74) is 0.828. The van der Waals surface area contributed by atoms with Gasteiger partial charge in [-0.25, -0.2) is 0 Å². The van der Waals surface area contributed by atoms with Crippen LogP contribution in [0.15, 0.2) is 28.9 Å². The molecule has 0 saturated heterocycles. The van der Waals surface area contributed by atoms with Gasteiger partial charge in [0.1, 0.15) is 0 Å². The number of aromatic nitrogens is 3. The fourth-order valence-corrected chi connectivity index (χ4v) is 1.91. The number of aryl methyl sites for hydroxylation is 1. The predicted molar refractivity (Wildman–Crippen MR) is 73.8 cm³/mol. The number of carbonyl (C=O) groups excluding carboxylic acids is 1. The summed E-state index contributed by atoms with van der Waals surface area (Å²) in [6.45, 7) is 5.38. The summed E-state index contributed by atoms with van der Waals surface area (Å²) in [6, 6.07) is 3.61. The molecular weight excluding hydrogens is 256 g/mol. The van der Waals surface area contributed by atoms with Gasteiger partial charge >= 0.3 is 0 Å². The Morgan fingerprint density at radius 1 is 1.20 bits per heavy atom. The van der Waals surface area contributed by atoms with E-state index >= 15 is 0 Å². The van der Waals surface area contributed by atoms with Crippen molar-refractivity contribution in [1.82, 2.24) is 20.1 Å². The average Bonchev–Trinajstić information content (AvgIpc) is 2.96. The molecule has 0 aliphatic rings. The zero-order valence-electron chi connectivity index (χ0n) is 11.7. The normalized spacial score (nSPS) is 10.5. The molecule has 6 nitrogen and oxygen atoms in total. The highest BCUT2D eigenvalue weighted by atomic mass is 16.4. The highest BCUT2D eigenvalue weighted by Gasteiger charge is 2.13. The first-order chi connectivity index (χ1) is 9.74. The second kappa shape index (κ2) is 6.79. The van der Waals surface area contributed by atoms with E-state index in [-0.39, 0.29) is 5.91 Å². The van der Waals surface area contributed by atoms with Crippen LogP contribution in [-0.2, 0) is 11.2 Å². The number of hydrogen-bond donors (Lipinski definition) is 0. The van der Waals surface area contributed by atoms with Crippen molar-refractivity contribution >= 4 is 5.91 Å². The maximum absolute atomic E-state index is 11.9. The second-order valence-electron chi connectivity index (χ2n) is 4.30. The van der Waals surface area contributed by atoms with E-state index in [0.29, 0.717) is 24.6 Å². The molecule has 0 N–H and O–H groups in total. The predicted octanol–water partition coefficient (Wildman–Crippen LogP) is 1.93. The van der Waals surface area contributed by atoms with Crippen molar-refractivity contribution < 1.29 is 9.21 Å². The first-order valence-corrected chi connectivity index (χ1v) is 6.75. The lowest BCUT2D eigenvalue weighted by Gasteiger charge is -2.17. The zero-order valence-corrected chi connectivity index (χ0v) is 11.7. The third kappa shape index (κ3) is 3.40. The number of pyridine rings is 1. The van der Waals surface area contributed by atoms with Crippen LogP contribution in [0.4, 0.5) is 0 Å². The van der Waals surface area contributed by atoms with Crippen LogP contribution in [0, 0.1) is 0 Å². The molecule has 1 amide bonds. The first kappa shape index (κ1) is 14.2. The molecule has 0 aliphatic heterocycles. The van der Waals surface area contributed by atoms with Gasteiger partial charge in [0.25, 0.3) is 0 Å². The van der Waals surface area contributed by atoms with Gasteiger partial charge in [-0.1, -0.05) is 0 Å². The van der Waals surface area contributed by atoms with Crippen molar-refractivity contribution in [1.29, 1.82) is 0 Å². The Morgan fingerprint density at radius 2 is 1.90 bits per heavy atom. The van der Waals surface area contributed by atoms with Gasteiger partial charge in [0, 0.05) is 43.9 Å². The molecule has 2 heterocycles. The van der Waals surface area contributed by atoms with E-state index in [9.17, 15) is 4.79 Å². The van der Waals surface area contributed by atoms with Gasteiger partial charge in [0.05, 0.1) is 0 Å². The highest BCUT2D eigenvalue weighted by Crippen LogP contribution is 2.16. The monoisotopic (exact) mass is 274 g/mol. The number of amides is 1. The van der Waals surface area contributed by atoms with Crippen LogP contribution in [0.5, 0.6) is 0 Å². The Hall–Kier alpha value is -2.24. The molecule has 0 fully saturated rings. The topological polar surface area (TPSA) is 72.1 Å². The fraction of sp³-hybridized carbons (Fsp3) is 0.429. The molecule has 0 unspecified atom stereocenters.